The number of hydrogen-bond donors (Lipinski definition) is 1. The molecule has 0 heterocycles. The maximum absolute atomic E-state index is 13.0. The molecule has 0 fully saturated rings. The smallest absolute Gasteiger partial charge is 0.262 e. The lowest BCUT2D eigenvalue weighted by atomic mass is 10.1. The van der Waals surface area contributed by atoms with Crippen LogP contribution in [-0.4, -0.2) is 15.5 Å². The Morgan fingerprint density at radius 3 is 2.58 bits per heavy atom. The first-order valence-corrected chi connectivity index (χ1v) is 9.73. The summed E-state index contributed by atoms with van der Waals surface area (Å²) in [5.41, 5.74) is 3.30. The van der Waals surface area contributed by atoms with Crippen molar-refractivity contribution < 1.29 is 13.2 Å². The van der Waals surface area contributed by atoms with Gasteiger partial charge >= 0.3 is 0 Å². The standard InChI is InChI=1S/C21H17NO3S/c1-3-14-13-17(10-11-19(14)25-2)22-26(23,24)20-12-9-16-8-7-15-5-4-6-18(20)21(15)16/h1,4-6,9-13,22H,7-8H2,2H3. The number of rotatable bonds is 4. The van der Waals surface area contributed by atoms with Gasteiger partial charge in [0.1, 0.15) is 5.75 Å². The Morgan fingerprint density at radius 1 is 1.08 bits per heavy atom. The summed E-state index contributed by atoms with van der Waals surface area (Å²) in [6.07, 6.45) is 7.38. The molecule has 0 saturated heterocycles. The molecule has 0 atom stereocenters. The molecule has 0 radical (unpaired) electrons. The van der Waals surface area contributed by atoms with E-state index in [2.05, 4.69) is 16.7 Å². The van der Waals surface area contributed by atoms with Gasteiger partial charge in [-0.05, 0) is 53.6 Å². The van der Waals surface area contributed by atoms with Gasteiger partial charge in [0, 0.05) is 5.39 Å². The Labute approximate surface area is 152 Å². The third kappa shape index (κ3) is 2.59. The van der Waals surface area contributed by atoms with Gasteiger partial charge in [0.05, 0.1) is 23.3 Å². The number of nitrogens with one attached hydrogen (secondary N) is 1. The summed E-state index contributed by atoms with van der Waals surface area (Å²) in [5.74, 6) is 3.03. The molecule has 3 aromatic carbocycles. The molecule has 130 valence electrons. The molecule has 5 heteroatoms. The number of terminal acetylenes is 1. The second-order valence-corrected chi connectivity index (χ2v) is 7.88. The number of anilines is 1. The quantitative estimate of drug-likeness (QED) is 0.719. The molecule has 4 rings (SSSR count). The minimum Gasteiger partial charge on any atom is -0.495 e. The summed E-state index contributed by atoms with van der Waals surface area (Å²) in [6.45, 7) is 0. The first-order valence-electron chi connectivity index (χ1n) is 8.24. The summed E-state index contributed by atoms with van der Waals surface area (Å²) in [5, 5.41) is 1.82. The van der Waals surface area contributed by atoms with Crippen molar-refractivity contribution in [3.05, 3.63) is 65.2 Å². The summed E-state index contributed by atoms with van der Waals surface area (Å²) in [6, 6.07) is 14.3. The molecule has 0 amide bonds. The van der Waals surface area contributed by atoms with Crippen molar-refractivity contribution in [1.82, 2.24) is 0 Å². The van der Waals surface area contributed by atoms with E-state index in [1.54, 1.807) is 24.3 Å². The normalized spacial score (nSPS) is 12.8. The summed E-state index contributed by atoms with van der Waals surface area (Å²) in [4.78, 5) is 0.276. The van der Waals surface area contributed by atoms with Crippen LogP contribution in [-0.2, 0) is 22.9 Å². The highest BCUT2D eigenvalue weighted by molar-refractivity contribution is 7.93. The Balaban J connectivity index is 1.80. The average Bonchev–Trinajstić information content (AvgIpc) is 3.06. The van der Waals surface area contributed by atoms with Gasteiger partial charge in [0.25, 0.3) is 10.0 Å². The molecule has 0 aliphatic heterocycles. The first-order chi connectivity index (χ1) is 12.5. The summed E-state index contributed by atoms with van der Waals surface area (Å²) < 4.78 is 33.8. The zero-order valence-corrected chi connectivity index (χ0v) is 15.1. The Kier molecular flexibility index (Phi) is 3.86. The fourth-order valence-corrected chi connectivity index (χ4v) is 4.80. The Bertz CT molecular complexity index is 1160. The topological polar surface area (TPSA) is 55.4 Å². The summed E-state index contributed by atoms with van der Waals surface area (Å²) in [7, 11) is -2.23. The predicted octanol–water partition coefficient (Wildman–Crippen LogP) is 3.73. The van der Waals surface area contributed by atoms with E-state index in [-0.39, 0.29) is 4.90 Å². The molecular formula is C21H17NO3S. The van der Waals surface area contributed by atoms with Crippen LogP contribution in [0.3, 0.4) is 0 Å². The maximum Gasteiger partial charge on any atom is 0.262 e. The van der Waals surface area contributed by atoms with Gasteiger partial charge in [-0.25, -0.2) is 8.42 Å². The molecule has 1 aliphatic carbocycles. The lowest BCUT2D eigenvalue weighted by Crippen LogP contribution is -2.13. The third-order valence-electron chi connectivity index (χ3n) is 4.73. The maximum atomic E-state index is 13.0. The van der Waals surface area contributed by atoms with Crippen molar-refractivity contribution in [3.63, 3.8) is 0 Å². The van der Waals surface area contributed by atoms with Gasteiger partial charge in [-0.3, -0.25) is 4.72 Å². The van der Waals surface area contributed by atoms with Crippen LogP contribution in [0.2, 0.25) is 0 Å². The number of hydrogen-bond acceptors (Lipinski definition) is 3. The van der Waals surface area contributed by atoms with Crippen LogP contribution in [0.5, 0.6) is 5.75 Å². The van der Waals surface area contributed by atoms with E-state index in [4.69, 9.17) is 11.2 Å². The fourth-order valence-electron chi connectivity index (χ4n) is 3.55. The zero-order valence-electron chi connectivity index (χ0n) is 14.2. The van der Waals surface area contributed by atoms with Crippen molar-refractivity contribution in [2.75, 3.05) is 11.8 Å². The molecule has 0 unspecified atom stereocenters. The number of aryl methyl sites for hydroxylation is 2. The van der Waals surface area contributed by atoms with Crippen molar-refractivity contribution in [2.45, 2.75) is 17.7 Å². The van der Waals surface area contributed by atoms with Gasteiger partial charge in [-0.15, -0.1) is 6.42 Å². The number of sulfonamides is 1. The number of methoxy groups -OCH3 is 1. The van der Waals surface area contributed by atoms with Crippen molar-refractivity contribution in [2.24, 2.45) is 0 Å². The van der Waals surface area contributed by atoms with Crippen LogP contribution >= 0.6 is 0 Å². The fraction of sp³-hybridized carbons (Fsp3) is 0.143. The highest BCUT2D eigenvalue weighted by Crippen LogP contribution is 2.35. The van der Waals surface area contributed by atoms with E-state index in [0.29, 0.717) is 17.0 Å². The molecule has 1 aliphatic rings. The van der Waals surface area contributed by atoms with Crippen LogP contribution < -0.4 is 9.46 Å². The third-order valence-corrected chi connectivity index (χ3v) is 6.17. The van der Waals surface area contributed by atoms with Crippen molar-refractivity contribution in [1.29, 1.82) is 0 Å². The zero-order chi connectivity index (χ0) is 18.3. The molecular weight excluding hydrogens is 346 g/mol. The lowest BCUT2D eigenvalue weighted by molar-refractivity contribution is 0.413. The predicted molar refractivity (Wildman–Crippen MR) is 103 cm³/mol. The second-order valence-electron chi connectivity index (χ2n) is 6.23. The van der Waals surface area contributed by atoms with Crippen LogP contribution in [0.1, 0.15) is 16.7 Å². The van der Waals surface area contributed by atoms with Gasteiger partial charge in [-0.1, -0.05) is 30.2 Å². The highest BCUT2D eigenvalue weighted by atomic mass is 32.2. The van der Waals surface area contributed by atoms with Crippen molar-refractivity contribution >= 4 is 26.5 Å². The van der Waals surface area contributed by atoms with E-state index in [9.17, 15) is 8.42 Å². The van der Waals surface area contributed by atoms with Gasteiger partial charge in [-0.2, -0.15) is 0 Å². The van der Waals surface area contributed by atoms with Crippen LogP contribution in [0.15, 0.2) is 53.4 Å². The molecule has 26 heavy (non-hydrogen) atoms. The summed E-state index contributed by atoms with van der Waals surface area (Å²) >= 11 is 0. The Hall–Kier alpha value is -2.97. The molecule has 0 aromatic heterocycles. The molecule has 1 N–H and O–H groups in total. The molecule has 3 aromatic rings. The van der Waals surface area contributed by atoms with E-state index in [1.165, 1.54) is 18.2 Å². The average molecular weight is 363 g/mol. The molecule has 4 nitrogen and oxygen atoms in total. The Morgan fingerprint density at radius 2 is 1.85 bits per heavy atom. The van der Waals surface area contributed by atoms with Gasteiger partial charge in [0.15, 0.2) is 0 Å². The van der Waals surface area contributed by atoms with E-state index < -0.39 is 10.0 Å². The van der Waals surface area contributed by atoms with Crippen LogP contribution in [0, 0.1) is 12.3 Å². The molecule has 0 saturated carbocycles. The second kappa shape index (κ2) is 6.08. The largest absolute Gasteiger partial charge is 0.495 e. The van der Waals surface area contributed by atoms with Crippen LogP contribution in [0.4, 0.5) is 5.69 Å². The monoisotopic (exact) mass is 363 g/mol. The lowest BCUT2D eigenvalue weighted by Gasteiger charge is -2.13. The highest BCUT2D eigenvalue weighted by Gasteiger charge is 2.22. The van der Waals surface area contributed by atoms with E-state index in [0.717, 1.165) is 23.6 Å². The van der Waals surface area contributed by atoms with Gasteiger partial charge < -0.3 is 4.74 Å². The minimum atomic E-state index is -3.75. The van der Waals surface area contributed by atoms with Crippen LogP contribution in [0.25, 0.3) is 10.8 Å². The number of ether oxygens (including phenoxy) is 1. The first kappa shape index (κ1) is 16.5. The number of benzene rings is 3. The van der Waals surface area contributed by atoms with Crippen molar-refractivity contribution in [3.8, 4) is 18.1 Å². The minimum absolute atomic E-state index is 0.276. The van der Waals surface area contributed by atoms with E-state index in [1.807, 2.05) is 18.2 Å². The molecule has 0 bridgehead atoms. The SMILES string of the molecule is C#Cc1cc(NS(=O)(=O)c2ccc3c4c(cccc24)CC3)ccc1OC. The van der Waals surface area contributed by atoms with E-state index >= 15 is 0 Å². The molecule has 0 spiro atoms. The van der Waals surface area contributed by atoms with Gasteiger partial charge in [0.2, 0.25) is 0 Å².